The van der Waals surface area contributed by atoms with Crippen LogP contribution in [0.4, 0.5) is 5.69 Å². The number of hydrogen-bond acceptors (Lipinski definition) is 7. The van der Waals surface area contributed by atoms with Crippen LogP contribution in [-0.2, 0) is 25.0 Å². The van der Waals surface area contributed by atoms with E-state index < -0.39 is 44.9 Å². The van der Waals surface area contributed by atoms with Crippen molar-refractivity contribution in [1.82, 2.24) is 0 Å². The number of rotatable bonds is 7. The number of nitro benzene ring substituents is 1. The maximum atomic E-state index is 13.2. The van der Waals surface area contributed by atoms with Crippen molar-refractivity contribution >= 4 is 22.5 Å². The second-order valence-corrected chi connectivity index (χ2v) is 8.72. The Hall–Kier alpha value is -2.88. The summed E-state index contributed by atoms with van der Waals surface area (Å²) in [5.41, 5.74) is 1.12. The third-order valence-corrected chi connectivity index (χ3v) is 6.98. The summed E-state index contributed by atoms with van der Waals surface area (Å²) in [7, 11) is -1.49. The van der Waals surface area contributed by atoms with Crippen LogP contribution in [-0.4, -0.2) is 45.0 Å². The number of epoxide rings is 1. The molecule has 0 bridgehead atoms. The highest BCUT2D eigenvalue weighted by Crippen LogP contribution is 2.54. The molecule has 5 atom stereocenters. The average molecular weight is 429 g/mol. The normalized spacial score (nSPS) is 27.7. The van der Waals surface area contributed by atoms with Crippen molar-refractivity contribution in [2.45, 2.75) is 35.1 Å². The minimum atomic E-state index is -1.49. The van der Waals surface area contributed by atoms with Gasteiger partial charge in [0.15, 0.2) is 0 Å². The lowest BCUT2D eigenvalue weighted by molar-refractivity contribution is -0.384. The van der Waals surface area contributed by atoms with E-state index in [9.17, 15) is 19.1 Å². The van der Waals surface area contributed by atoms with Gasteiger partial charge in [-0.3, -0.25) is 14.3 Å². The van der Waals surface area contributed by atoms with E-state index in [4.69, 9.17) is 14.2 Å². The number of ether oxygens (including phenoxy) is 3. The van der Waals surface area contributed by atoms with Crippen molar-refractivity contribution in [1.29, 1.82) is 0 Å². The summed E-state index contributed by atoms with van der Waals surface area (Å²) >= 11 is 0. The number of non-ortho nitro benzene ring substituents is 1. The topological polar surface area (TPSA) is 108 Å². The van der Waals surface area contributed by atoms with Gasteiger partial charge in [-0.2, -0.15) is 0 Å². The predicted molar refractivity (Wildman–Crippen MR) is 107 cm³/mol. The van der Waals surface area contributed by atoms with Gasteiger partial charge in [0.05, 0.1) is 21.3 Å². The van der Waals surface area contributed by atoms with Crippen molar-refractivity contribution in [2.75, 3.05) is 6.61 Å². The number of carbonyl (C=O) groups is 1. The summed E-state index contributed by atoms with van der Waals surface area (Å²) in [6.45, 7) is 5.60. The molecule has 2 aromatic carbocycles. The first-order chi connectivity index (χ1) is 14.4. The van der Waals surface area contributed by atoms with Crippen LogP contribution in [0.15, 0.2) is 66.1 Å². The Balaban J connectivity index is 1.42. The van der Waals surface area contributed by atoms with Crippen LogP contribution >= 0.6 is 0 Å². The fourth-order valence-electron chi connectivity index (χ4n) is 3.49. The summed E-state index contributed by atoms with van der Waals surface area (Å²) in [5, 5.41) is 10.7. The molecule has 9 heteroatoms. The van der Waals surface area contributed by atoms with Crippen LogP contribution in [0.2, 0.25) is 0 Å². The smallest absolute Gasteiger partial charge is 0.338 e. The quantitative estimate of drug-likeness (QED) is 0.219. The SMILES string of the molecule is C=C[C@@H]1O[C@H](COC(=O)c2ccc([N+](=O)[O-])cc2)[C@H]2O[C@@]12[S@@](=O)c1ccc(C)cc1. The van der Waals surface area contributed by atoms with Crippen molar-refractivity contribution in [3.8, 4) is 0 Å². The third-order valence-electron chi connectivity index (χ3n) is 5.14. The van der Waals surface area contributed by atoms with Gasteiger partial charge in [0.1, 0.15) is 24.9 Å². The van der Waals surface area contributed by atoms with Gasteiger partial charge in [0.2, 0.25) is 4.93 Å². The van der Waals surface area contributed by atoms with E-state index in [1.54, 1.807) is 18.2 Å². The molecule has 0 amide bonds. The summed E-state index contributed by atoms with van der Waals surface area (Å²) in [6.07, 6.45) is -0.144. The highest BCUT2D eigenvalue weighted by molar-refractivity contribution is 7.86. The Kier molecular flexibility index (Phi) is 5.27. The minimum Gasteiger partial charge on any atom is -0.459 e. The lowest BCUT2D eigenvalue weighted by atomic mass is 10.2. The molecule has 2 aliphatic heterocycles. The van der Waals surface area contributed by atoms with Gasteiger partial charge in [-0.25, -0.2) is 4.79 Å². The first kappa shape index (κ1) is 20.4. The van der Waals surface area contributed by atoms with Gasteiger partial charge in [-0.15, -0.1) is 6.58 Å². The lowest BCUT2D eigenvalue weighted by Gasteiger charge is -2.18. The Morgan fingerprint density at radius 3 is 2.53 bits per heavy atom. The van der Waals surface area contributed by atoms with E-state index in [2.05, 4.69) is 6.58 Å². The average Bonchev–Trinajstić information content (AvgIpc) is 3.43. The standard InChI is InChI=1S/C21H19NO7S/c1-3-18-21(30(26)16-10-4-13(2)5-11-16)19(29-21)17(28-18)12-27-20(23)14-6-8-15(9-7-14)22(24)25/h3-11,17-19H,1,12H2,2H3/t17-,18+,19-,21-,30+/m1/s1. The maximum absolute atomic E-state index is 13.2. The van der Waals surface area contributed by atoms with Gasteiger partial charge in [-0.05, 0) is 31.2 Å². The Bertz CT molecular complexity index is 1020. The van der Waals surface area contributed by atoms with E-state index in [1.165, 1.54) is 24.3 Å². The van der Waals surface area contributed by atoms with Crippen molar-refractivity contribution in [3.05, 3.63) is 82.4 Å². The molecule has 0 aromatic heterocycles. The van der Waals surface area contributed by atoms with Crippen LogP contribution in [0, 0.1) is 17.0 Å². The second-order valence-electron chi connectivity index (χ2n) is 7.07. The molecule has 156 valence electrons. The third kappa shape index (κ3) is 3.45. The van der Waals surface area contributed by atoms with Crippen LogP contribution in [0.1, 0.15) is 15.9 Å². The Morgan fingerprint density at radius 1 is 1.27 bits per heavy atom. The Morgan fingerprint density at radius 2 is 1.93 bits per heavy atom. The lowest BCUT2D eigenvalue weighted by Crippen LogP contribution is -2.31. The first-order valence-electron chi connectivity index (χ1n) is 9.23. The molecule has 0 saturated carbocycles. The summed E-state index contributed by atoms with van der Waals surface area (Å²) < 4.78 is 30.2. The monoisotopic (exact) mass is 429 g/mol. The van der Waals surface area contributed by atoms with Gasteiger partial charge in [0.25, 0.3) is 5.69 Å². The fraction of sp³-hybridized carbons (Fsp3) is 0.286. The fourth-order valence-corrected chi connectivity index (χ4v) is 5.16. The zero-order valence-corrected chi connectivity index (χ0v) is 16.9. The molecule has 2 aromatic rings. The molecule has 0 radical (unpaired) electrons. The maximum Gasteiger partial charge on any atom is 0.338 e. The molecule has 0 aliphatic carbocycles. The number of benzene rings is 2. The highest BCUT2D eigenvalue weighted by atomic mass is 32.2. The van der Waals surface area contributed by atoms with Crippen LogP contribution in [0.25, 0.3) is 0 Å². The molecule has 0 spiro atoms. The number of fused-ring (bicyclic) bond motifs is 1. The number of aryl methyl sites for hydroxylation is 1. The largest absolute Gasteiger partial charge is 0.459 e. The molecule has 0 N–H and O–H groups in total. The van der Waals surface area contributed by atoms with Crippen LogP contribution in [0.5, 0.6) is 0 Å². The Labute approximate surface area is 175 Å². The molecule has 2 aliphatic rings. The molecular formula is C21H19NO7S. The molecule has 0 unspecified atom stereocenters. The molecular weight excluding hydrogens is 410 g/mol. The minimum absolute atomic E-state index is 0.0995. The van der Waals surface area contributed by atoms with E-state index in [0.29, 0.717) is 4.90 Å². The number of esters is 1. The number of nitrogens with zero attached hydrogens (tertiary/aromatic N) is 1. The second kappa shape index (κ2) is 7.75. The van der Waals surface area contributed by atoms with Crippen molar-refractivity contribution in [3.63, 3.8) is 0 Å². The molecule has 2 fully saturated rings. The zero-order valence-electron chi connectivity index (χ0n) is 16.1. The van der Waals surface area contributed by atoms with Gasteiger partial charge < -0.3 is 14.2 Å². The van der Waals surface area contributed by atoms with Crippen molar-refractivity contribution < 1.29 is 28.1 Å². The number of nitro groups is 1. The van der Waals surface area contributed by atoms with Gasteiger partial charge in [-0.1, -0.05) is 23.8 Å². The van der Waals surface area contributed by atoms with Gasteiger partial charge >= 0.3 is 5.97 Å². The van der Waals surface area contributed by atoms with E-state index >= 15 is 0 Å². The molecule has 8 nitrogen and oxygen atoms in total. The van der Waals surface area contributed by atoms with Gasteiger partial charge in [0, 0.05) is 17.0 Å². The summed E-state index contributed by atoms with van der Waals surface area (Å²) in [4.78, 5) is 22.0. The van der Waals surface area contributed by atoms with Crippen LogP contribution < -0.4 is 0 Å². The molecule has 2 heterocycles. The van der Waals surface area contributed by atoms with Crippen LogP contribution in [0.3, 0.4) is 0 Å². The summed E-state index contributed by atoms with van der Waals surface area (Å²) in [5.74, 6) is -0.638. The molecule has 2 saturated heterocycles. The zero-order chi connectivity index (χ0) is 21.5. The first-order valence-corrected chi connectivity index (χ1v) is 10.4. The predicted octanol–water partition coefficient (Wildman–Crippen LogP) is 2.92. The molecule has 30 heavy (non-hydrogen) atoms. The highest BCUT2D eigenvalue weighted by Gasteiger charge is 2.74. The van der Waals surface area contributed by atoms with E-state index in [1.807, 2.05) is 19.1 Å². The van der Waals surface area contributed by atoms with E-state index in [-0.39, 0.29) is 17.9 Å². The number of carbonyl (C=O) groups excluding carboxylic acids is 1. The number of hydrogen-bond donors (Lipinski definition) is 0. The van der Waals surface area contributed by atoms with Crippen molar-refractivity contribution in [2.24, 2.45) is 0 Å². The molecule has 4 rings (SSSR count). The summed E-state index contributed by atoms with van der Waals surface area (Å²) in [6, 6.07) is 12.5. The van der Waals surface area contributed by atoms with E-state index in [0.717, 1.165) is 5.56 Å².